The van der Waals surface area contributed by atoms with Crippen LogP contribution in [0.3, 0.4) is 0 Å². The van der Waals surface area contributed by atoms with Crippen molar-refractivity contribution >= 4 is 0 Å². The lowest BCUT2D eigenvalue weighted by atomic mass is 10.1. The Morgan fingerprint density at radius 1 is 1.00 bits per heavy atom. The Bertz CT molecular complexity index is 429. The normalized spacial score (nSPS) is 10.3. The van der Waals surface area contributed by atoms with Crippen molar-refractivity contribution in [1.29, 1.82) is 0 Å². The summed E-state index contributed by atoms with van der Waals surface area (Å²) in [6, 6.07) is 8.46. The number of hydrogen-bond donors (Lipinski definition) is 0. The zero-order chi connectivity index (χ0) is 10.7. The smallest absolute Gasteiger partial charge is 0.0885 e. The fraction of sp³-hybridized carbons (Fsp3) is 0.231. The maximum atomic E-state index is 4.34. The largest absolute Gasteiger partial charge is 0.258 e. The number of hydrogen-bond acceptors (Lipinski definition) is 2. The van der Waals surface area contributed by atoms with Gasteiger partial charge in [0.05, 0.1) is 17.6 Å². The van der Waals surface area contributed by atoms with E-state index in [-0.39, 0.29) is 0 Å². The van der Waals surface area contributed by atoms with Crippen molar-refractivity contribution in [1.82, 2.24) is 9.97 Å². The molecule has 0 radical (unpaired) electrons. The highest BCUT2D eigenvalue weighted by Gasteiger charge is 1.98. The van der Waals surface area contributed by atoms with Crippen LogP contribution >= 0.6 is 0 Å². The van der Waals surface area contributed by atoms with Crippen LogP contribution in [0.4, 0.5) is 0 Å². The van der Waals surface area contributed by atoms with Gasteiger partial charge in [0.2, 0.25) is 0 Å². The molecule has 0 aliphatic rings. The van der Waals surface area contributed by atoms with Gasteiger partial charge in [0.1, 0.15) is 0 Å². The van der Waals surface area contributed by atoms with Crippen LogP contribution in [-0.2, 0) is 6.42 Å². The molecule has 0 fully saturated rings. The van der Waals surface area contributed by atoms with E-state index in [1.54, 1.807) is 6.20 Å². The Morgan fingerprint density at radius 2 is 1.73 bits per heavy atom. The van der Waals surface area contributed by atoms with E-state index in [1.165, 1.54) is 5.56 Å². The first-order valence-electron chi connectivity index (χ1n) is 5.17. The van der Waals surface area contributed by atoms with Crippen molar-refractivity contribution < 1.29 is 0 Å². The first-order chi connectivity index (χ1) is 7.29. The van der Waals surface area contributed by atoms with Crippen LogP contribution in [0.5, 0.6) is 0 Å². The van der Waals surface area contributed by atoms with Crippen molar-refractivity contribution in [2.24, 2.45) is 0 Å². The number of rotatable bonds is 2. The molecule has 0 amide bonds. The van der Waals surface area contributed by atoms with Gasteiger partial charge >= 0.3 is 0 Å². The zero-order valence-corrected chi connectivity index (χ0v) is 9.07. The molecule has 2 heteroatoms. The van der Waals surface area contributed by atoms with Gasteiger partial charge in [-0.05, 0) is 18.9 Å². The summed E-state index contributed by atoms with van der Waals surface area (Å²) in [5.74, 6) is 0. The van der Waals surface area contributed by atoms with E-state index in [9.17, 15) is 0 Å². The Hall–Kier alpha value is -1.70. The van der Waals surface area contributed by atoms with Gasteiger partial charge in [0, 0.05) is 11.8 Å². The number of nitrogens with zero attached hydrogens (tertiary/aromatic N) is 2. The molecule has 0 bridgehead atoms. The summed E-state index contributed by atoms with van der Waals surface area (Å²) in [6.45, 7) is 4.09. The van der Waals surface area contributed by atoms with Gasteiger partial charge in [-0.15, -0.1) is 0 Å². The topological polar surface area (TPSA) is 25.8 Å². The molecule has 0 aliphatic carbocycles. The summed E-state index contributed by atoms with van der Waals surface area (Å²) < 4.78 is 0. The average Bonchev–Trinajstić information content (AvgIpc) is 2.30. The quantitative estimate of drug-likeness (QED) is 0.741. The average molecular weight is 198 g/mol. The predicted octanol–water partition coefficient (Wildman–Crippen LogP) is 3.01. The Balaban J connectivity index is 2.33. The second-order valence-electron chi connectivity index (χ2n) is 3.59. The van der Waals surface area contributed by atoms with Crippen molar-refractivity contribution in [3.05, 3.63) is 47.9 Å². The molecule has 0 saturated carbocycles. The third-order valence-electron chi connectivity index (χ3n) is 2.44. The van der Waals surface area contributed by atoms with Crippen LogP contribution < -0.4 is 0 Å². The molecule has 1 heterocycles. The molecule has 0 saturated heterocycles. The molecule has 2 rings (SSSR count). The van der Waals surface area contributed by atoms with E-state index in [1.807, 2.05) is 13.1 Å². The van der Waals surface area contributed by atoms with Gasteiger partial charge in [-0.3, -0.25) is 9.97 Å². The predicted molar refractivity (Wildman–Crippen MR) is 61.6 cm³/mol. The number of aromatic nitrogens is 2. The van der Waals surface area contributed by atoms with Crippen LogP contribution in [0, 0.1) is 6.92 Å². The molecular weight excluding hydrogens is 184 g/mol. The van der Waals surface area contributed by atoms with E-state index in [0.717, 1.165) is 23.4 Å². The SMILES string of the molecule is CCc1ccc(-c2cnc(C)cn2)cc1. The van der Waals surface area contributed by atoms with E-state index >= 15 is 0 Å². The zero-order valence-electron chi connectivity index (χ0n) is 9.07. The fourth-order valence-electron chi connectivity index (χ4n) is 1.45. The molecule has 0 spiro atoms. The van der Waals surface area contributed by atoms with Crippen molar-refractivity contribution in [2.45, 2.75) is 20.3 Å². The highest BCUT2D eigenvalue weighted by atomic mass is 14.8. The van der Waals surface area contributed by atoms with E-state index in [0.29, 0.717) is 0 Å². The van der Waals surface area contributed by atoms with Gasteiger partial charge < -0.3 is 0 Å². The molecule has 76 valence electrons. The molecule has 1 aromatic heterocycles. The Kier molecular flexibility index (Phi) is 2.77. The summed E-state index contributed by atoms with van der Waals surface area (Å²) in [5.41, 5.74) is 4.35. The third kappa shape index (κ3) is 2.21. The fourth-order valence-corrected chi connectivity index (χ4v) is 1.45. The summed E-state index contributed by atoms with van der Waals surface area (Å²) in [5, 5.41) is 0. The molecule has 0 atom stereocenters. The van der Waals surface area contributed by atoms with Crippen molar-refractivity contribution in [3.63, 3.8) is 0 Å². The van der Waals surface area contributed by atoms with Gasteiger partial charge in [-0.2, -0.15) is 0 Å². The third-order valence-corrected chi connectivity index (χ3v) is 2.44. The van der Waals surface area contributed by atoms with Crippen LogP contribution in [0.25, 0.3) is 11.3 Å². The molecule has 0 unspecified atom stereocenters. The monoisotopic (exact) mass is 198 g/mol. The molecule has 1 aromatic carbocycles. The van der Waals surface area contributed by atoms with Crippen molar-refractivity contribution in [2.75, 3.05) is 0 Å². The van der Waals surface area contributed by atoms with E-state index < -0.39 is 0 Å². The van der Waals surface area contributed by atoms with Gasteiger partial charge in [-0.25, -0.2) is 0 Å². The Morgan fingerprint density at radius 3 is 2.27 bits per heavy atom. The highest BCUT2D eigenvalue weighted by Crippen LogP contribution is 2.16. The van der Waals surface area contributed by atoms with Gasteiger partial charge in [-0.1, -0.05) is 31.2 Å². The first-order valence-corrected chi connectivity index (χ1v) is 5.17. The highest BCUT2D eigenvalue weighted by molar-refractivity contribution is 5.58. The molecule has 2 nitrogen and oxygen atoms in total. The van der Waals surface area contributed by atoms with Gasteiger partial charge in [0.15, 0.2) is 0 Å². The summed E-state index contributed by atoms with van der Waals surface area (Å²) in [6.07, 6.45) is 4.68. The lowest BCUT2D eigenvalue weighted by Gasteiger charge is -2.01. The Labute approximate surface area is 90.0 Å². The standard InChI is InChI=1S/C13H14N2/c1-3-11-4-6-12(7-5-11)13-9-14-10(2)8-15-13/h4-9H,3H2,1-2H3. The second kappa shape index (κ2) is 4.22. The molecule has 0 aliphatic heterocycles. The van der Waals surface area contributed by atoms with Crippen LogP contribution in [0.15, 0.2) is 36.7 Å². The van der Waals surface area contributed by atoms with Crippen molar-refractivity contribution in [3.8, 4) is 11.3 Å². The summed E-state index contributed by atoms with van der Waals surface area (Å²) >= 11 is 0. The minimum atomic E-state index is 0.934. The number of aryl methyl sites for hydroxylation is 2. The molecule has 0 N–H and O–H groups in total. The van der Waals surface area contributed by atoms with Crippen LogP contribution in [-0.4, -0.2) is 9.97 Å². The van der Waals surface area contributed by atoms with Gasteiger partial charge in [0.25, 0.3) is 0 Å². The maximum absolute atomic E-state index is 4.34. The molecule has 15 heavy (non-hydrogen) atoms. The second-order valence-corrected chi connectivity index (χ2v) is 3.59. The first kappa shape index (κ1) is 9.84. The van der Waals surface area contributed by atoms with E-state index in [4.69, 9.17) is 0 Å². The maximum Gasteiger partial charge on any atom is 0.0885 e. The lowest BCUT2D eigenvalue weighted by molar-refractivity contribution is 1.12. The number of benzene rings is 1. The summed E-state index contributed by atoms with van der Waals surface area (Å²) in [7, 11) is 0. The minimum absolute atomic E-state index is 0.934. The van der Waals surface area contributed by atoms with Crippen LogP contribution in [0.2, 0.25) is 0 Å². The summed E-state index contributed by atoms with van der Waals surface area (Å²) in [4.78, 5) is 8.58. The minimum Gasteiger partial charge on any atom is -0.258 e. The lowest BCUT2D eigenvalue weighted by Crippen LogP contribution is -1.88. The van der Waals surface area contributed by atoms with E-state index in [2.05, 4.69) is 41.2 Å². The molecule has 2 aromatic rings. The van der Waals surface area contributed by atoms with Crippen LogP contribution in [0.1, 0.15) is 18.2 Å². The molecular formula is C13H14N2.